The van der Waals surface area contributed by atoms with Crippen LogP contribution in [0, 0.1) is 12.8 Å². The quantitative estimate of drug-likeness (QED) is 0.605. The maximum atomic E-state index is 2.90. The zero-order chi connectivity index (χ0) is 9.14. The Bertz CT molecular complexity index is 236. The van der Waals surface area contributed by atoms with Crippen LogP contribution in [0.3, 0.4) is 0 Å². The Morgan fingerprint density at radius 3 is 2.00 bits per heavy atom. The first-order valence-corrected chi connectivity index (χ1v) is 5.10. The van der Waals surface area contributed by atoms with Crippen molar-refractivity contribution < 1.29 is 0 Å². The second-order valence-electron chi connectivity index (χ2n) is 3.68. The minimum atomic E-state index is 0.589. The molecule has 0 fully saturated rings. The van der Waals surface area contributed by atoms with Crippen LogP contribution < -0.4 is 0 Å². The molecule has 1 atom stereocenters. The van der Waals surface area contributed by atoms with E-state index in [1.807, 2.05) is 0 Å². The standard InChI is InChI=1S/C11H15.Al/c1-9(2)8-11-6-4-10(3)5-7-11;/h4-9H,1-3H3;/q;+2. The molecular formula is C11H15Al+2. The van der Waals surface area contributed by atoms with Crippen molar-refractivity contribution in [1.82, 2.24) is 0 Å². The van der Waals surface area contributed by atoms with Gasteiger partial charge in [-0.1, -0.05) is 0 Å². The number of aryl methyl sites for hydroxylation is 1. The van der Waals surface area contributed by atoms with Crippen LogP contribution in [-0.4, -0.2) is 16.3 Å². The summed E-state index contributed by atoms with van der Waals surface area (Å²) < 4.78 is 0.589. The predicted octanol–water partition coefficient (Wildman–Crippen LogP) is 2.86. The molecule has 0 aliphatic carbocycles. The Labute approximate surface area is 83.4 Å². The molecule has 12 heavy (non-hydrogen) atoms. The average Bonchev–Trinajstić information content (AvgIpc) is 2.04. The molecule has 0 aromatic heterocycles. The Kier molecular flexibility index (Phi) is 3.38. The van der Waals surface area contributed by atoms with Gasteiger partial charge >= 0.3 is 83.2 Å². The number of benzene rings is 1. The van der Waals surface area contributed by atoms with Crippen molar-refractivity contribution in [2.75, 3.05) is 0 Å². The van der Waals surface area contributed by atoms with Crippen molar-refractivity contribution in [2.24, 2.45) is 5.92 Å². The summed E-state index contributed by atoms with van der Waals surface area (Å²) in [5, 5.41) is 0. The molecule has 0 spiro atoms. The van der Waals surface area contributed by atoms with E-state index in [4.69, 9.17) is 0 Å². The van der Waals surface area contributed by atoms with Gasteiger partial charge in [0.15, 0.2) is 0 Å². The topological polar surface area (TPSA) is 0 Å². The van der Waals surface area contributed by atoms with Crippen molar-refractivity contribution in [3.63, 3.8) is 0 Å². The molecule has 0 N–H and O–H groups in total. The van der Waals surface area contributed by atoms with Crippen molar-refractivity contribution >= 4 is 16.3 Å². The number of hydrogen-bond acceptors (Lipinski definition) is 0. The summed E-state index contributed by atoms with van der Waals surface area (Å²) >= 11 is 2.90. The summed E-state index contributed by atoms with van der Waals surface area (Å²) in [5.74, 6) is 0.692. The third kappa shape index (κ3) is 2.37. The first kappa shape index (κ1) is 9.84. The Balaban J connectivity index is 2.82. The molecule has 0 heterocycles. The Morgan fingerprint density at radius 1 is 1.08 bits per heavy atom. The van der Waals surface area contributed by atoms with Crippen molar-refractivity contribution in [2.45, 2.75) is 25.6 Å². The van der Waals surface area contributed by atoms with Gasteiger partial charge in [-0.2, -0.15) is 0 Å². The van der Waals surface area contributed by atoms with Gasteiger partial charge in [-0.25, -0.2) is 0 Å². The second kappa shape index (κ2) is 4.12. The van der Waals surface area contributed by atoms with Gasteiger partial charge in [0.25, 0.3) is 0 Å². The summed E-state index contributed by atoms with van der Waals surface area (Å²) in [7, 11) is 0. The summed E-state index contributed by atoms with van der Waals surface area (Å²) in [6, 6.07) is 8.78. The monoisotopic (exact) mass is 174 g/mol. The summed E-state index contributed by atoms with van der Waals surface area (Å²) in [6.07, 6.45) is 0. The normalized spacial score (nSPS) is 13.5. The molecule has 1 aromatic carbocycles. The molecule has 0 bridgehead atoms. The van der Waals surface area contributed by atoms with Gasteiger partial charge < -0.3 is 0 Å². The van der Waals surface area contributed by atoms with Gasteiger partial charge in [-0.15, -0.1) is 0 Å². The van der Waals surface area contributed by atoms with Gasteiger partial charge in [0.05, 0.1) is 0 Å². The maximum absolute atomic E-state index is 2.90. The molecule has 1 heteroatoms. The van der Waals surface area contributed by atoms with Crippen LogP contribution in [0.1, 0.15) is 29.8 Å². The molecule has 60 valence electrons. The third-order valence-electron chi connectivity index (χ3n) is 2.18. The van der Waals surface area contributed by atoms with E-state index in [0.29, 0.717) is 10.7 Å². The Hall–Kier alpha value is -0.248. The molecule has 0 saturated carbocycles. The van der Waals surface area contributed by atoms with Gasteiger partial charge in [0.1, 0.15) is 0 Å². The van der Waals surface area contributed by atoms with E-state index < -0.39 is 0 Å². The van der Waals surface area contributed by atoms with E-state index in [9.17, 15) is 0 Å². The van der Waals surface area contributed by atoms with Crippen LogP contribution in [0.4, 0.5) is 0 Å². The third-order valence-corrected chi connectivity index (χ3v) is 3.34. The van der Waals surface area contributed by atoms with Gasteiger partial charge in [-0.3, -0.25) is 0 Å². The molecule has 0 aliphatic heterocycles. The minimum absolute atomic E-state index is 0.589. The molecular weight excluding hydrogens is 159 g/mol. The van der Waals surface area contributed by atoms with Crippen molar-refractivity contribution in [3.05, 3.63) is 35.4 Å². The van der Waals surface area contributed by atoms with E-state index >= 15 is 0 Å². The molecule has 1 aromatic rings. The predicted molar refractivity (Wildman–Crippen MR) is 54.5 cm³/mol. The van der Waals surface area contributed by atoms with Gasteiger partial charge in [0, 0.05) is 0 Å². The van der Waals surface area contributed by atoms with Crippen LogP contribution >= 0.6 is 0 Å². The average molecular weight is 174 g/mol. The SMILES string of the molecule is Cc1ccc([CH]([Al+2])C(C)C)cc1. The van der Waals surface area contributed by atoms with E-state index in [2.05, 4.69) is 61.3 Å². The fraction of sp³-hybridized carbons (Fsp3) is 0.455. The molecule has 0 aliphatic rings. The zero-order valence-corrected chi connectivity index (χ0v) is 9.20. The molecule has 0 nitrogen and oxygen atoms in total. The van der Waals surface area contributed by atoms with Crippen LogP contribution in [0.25, 0.3) is 0 Å². The molecule has 1 unspecified atom stereocenters. The fourth-order valence-corrected chi connectivity index (χ4v) is 1.40. The second-order valence-corrected chi connectivity index (χ2v) is 4.40. The number of rotatable bonds is 2. The van der Waals surface area contributed by atoms with E-state index in [-0.39, 0.29) is 0 Å². The summed E-state index contributed by atoms with van der Waals surface area (Å²) in [6.45, 7) is 6.62. The van der Waals surface area contributed by atoms with Gasteiger partial charge in [0.2, 0.25) is 0 Å². The van der Waals surface area contributed by atoms with E-state index in [0.717, 1.165) is 0 Å². The van der Waals surface area contributed by atoms with Crippen LogP contribution in [0.15, 0.2) is 24.3 Å². The zero-order valence-electron chi connectivity index (χ0n) is 8.04. The molecule has 0 radical (unpaired) electrons. The number of hydrogen-bond donors (Lipinski definition) is 0. The Morgan fingerprint density at radius 2 is 1.58 bits per heavy atom. The summed E-state index contributed by atoms with van der Waals surface area (Å²) in [5.41, 5.74) is 2.75. The van der Waals surface area contributed by atoms with Crippen LogP contribution in [0.5, 0.6) is 0 Å². The molecule has 0 saturated heterocycles. The van der Waals surface area contributed by atoms with Crippen LogP contribution in [0.2, 0.25) is 0 Å². The first-order valence-electron chi connectivity index (χ1n) is 4.43. The first-order chi connectivity index (χ1) is 5.61. The van der Waals surface area contributed by atoms with Crippen molar-refractivity contribution in [3.8, 4) is 0 Å². The van der Waals surface area contributed by atoms with E-state index in [1.54, 1.807) is 0 Å². The summed E-state index contributed by atoms with van der Waals surface area (Å²) in [4.78, 5) is 0. The molecule has 1 rings (SSSR count). The molecule has 0 amide bonds. The van der Waals surface area contributed by atoms with Crippen LogP contribution in [-0.2, 0) is 0 Å². The van der Waals surface area contributed by atoms with Gasteiger partial charge in [-0.05, 0) is 0 Å². The van der Waals surface area contributed by atoms with Crippen molar-refractivity contribution in [1.29, 1.82) is 0 Å². The fourth-order valence-electron chi connectivity index (χ4n) is 1.17. The van der Waals surface area contributed by atoms with E-state index in [1.165, 1.54) is 11.1 Å².